The zero-order valence-corrected chi connectivity index (χ0v) is 12.4. The molecule has 5 N–H and O–H groups in total. The Labute approximate surface area is 133 Å². The molecule has 0 aliphatic heterocycles. The third-order valence-corrected chi connectivity index (χ3v) is 3.01. The molecule has 5 nitrogen and oxygen atoms in total. The summed E-state index contributed by atoms with van der Waals surface area (Å²) in [4.78, 5) is 14.2. The Morgan fingerprint density at radius 3 is 2.00 bits per heavy atom. The second-order valence-electron chi connectivity index (χ2n) is 4.74. The summed E-state index contributed by atoms with van der Waals surface area (Å²) in [5.74, 6) is -0.795. The van der Waals surface area contributed by atoms with E-state index in [1.54, 1.807) is 30.3 Å². The van der Waals surface area contributed by atoms with Crippen molar-refractivity contribution in [3.05, 3.63) is 78.4 Å². The second-order valence-corrected chi connectivity index (χ2v) is 4.74. The van der Waals surface area contributed by atoms with Crippen LogP contribution in [-0.2, 0) is 0 Å². The lowest BCUT2D eigenvalue weighted by Crippen LogP contribution is -2.21. The van der Waals surface area contributed by atoms with Crippen molar-refractivity contribution in [2.45, 2.75) is 0 Å². The van der Waals surface area contributed by atoms with Crippen LogP contribution in [0.5, 0.6) is 0 Å². The van der Waals surface area contributed by atoms with Crippen molar-refractivity contribution in [3.8, 4) is 0 Å². The van der Waals surface area contributed by atoms with Crippen molar-refractivity contribution in [1.82, 2.24) is 0 Å². The van der Waals surface area contributed by atoms with Crippen LogP contribution in [0.3, 0.4) is 0 Å². The van der Waals surface area contributed by atoms with E-state index in [0.29, 0.717) is 5.56 Å². The number of hydrogen-bond acceptors (Lipinski definition) is 2. The molecule has 0 heterocycles. The van der Waals surface area contributed by atoms with Crippen molar-refractivity contribution >= 4 is 28.4 Å². The van der Waals surface area contributed by atoms with Gasteiger partial charge in [-0.2, -0.15) is 0 Å². The third-order valence-electron chi connectivity index (χ3n) is 3.01. The molecule has 0 radical (unpaired) electrons. The van der Waals surface area contributed by atoms with Crippen LogP contribution in [0, 0.1) is 0 Å². The monoisotopic (exact) mass is 307 g/mol. The van der Waals surface area contributed by atoms with E-state index in [-0.39, 0.29) is 5.96 Å². The van der Waals surface area contributed by atoms with Gasteiger partial charge in [0.1, 0.15) is 0 Å². The minimum absolute atomic E-state index is 0.0836. The maximum Gasteiger partial charge on any atom is 0.335 e. The lowest BCUT2D eigenvalue weighted by molar-refractivity contribution is 0.0697. The van der Waals surface area contributed by atoms with E-state index >= 15 is 0 Å². The van der Waals surface area contributed by atoms with E-state index in [9.17, 15) is 4.79 Å². The van der Waals surface area contributed by atoms with Gasteiger partial charge in [-0.1, -0.05) is 48.5 Å². The number of carboxylic acids is 1. The predicted octanol–water partition coefficient (Wildman–Crippen LogP) is 3.13. The highest BCUT2D eigenvalue weighted by atomic mass is 16.4. The molecule has 0 spiro atoms. The second kappa shape index (κ2) is 7.61. The van der Waals surface area contributed by atoms with Crippen LogP contribution in [0.1, 0.15) is 10.4 Å². The van der Waals surface area contributed by atoms with E-state index < -0.39 is 5.97 Å². The van der Waals surface area contributed by atoms with Gasteiger partial charge in [0.05, 0.1) is 11.3 Å². The van der Waals surface area contributed by atoms with Gasteiger partial charge in [0.2, 0.25) is 0 Å². The number of rotatable bonds is 2. The lowest BCUT2D eigenvalue weighted by atomic mass is 10.1. The zero-order valence-electron chi connectivity index (χ0n) is 12.4. The molecular weight excluding hydrogens is 290 g/mol. The van der Waals surface area contributed by atoms with Gasteiger partial charge in [0.15, 0.2) is 5.96 Å². The molecule has 0 saturated carbocycles. The van der Waals surface area contributed by atoms with E-state index in [0.717, 1.165) is 11.1 Å². The van der Waals surface area contributed by atoms with E-state index in [4.69, 9.17) is 16.6 Å². The molecule has 0 bridgehead atoms. The largest absolute Gasteiger partial charge is 0.478 e. The number of guanidine groups is 1. The molecule has 0 aromatic heterocycles. The SMILES string of the molecule is NC(N)=Nc1ccc2ccccc2c1.O=C(O)c1ccccc1. The van der Waals surface area contributed by atoms with Crippen LogP contribution >= 0.6 is 0 Å². The molecule has 0 atom stereocenters. The van der Waals surface area contributed by atoms with E-state index in [1.165, 1.54) is 5.39 Å². The van der Waals surface area contributed by atoms with Crippen LogP contribution in [-0.4, -0.2) is 17.0 Å². The molecule has 0 aliphatic rings. The molecule has 3 rings (SSSR count). The number of aromatic carboxylic acids is 1. The van der Waals surface area contributed by atoms with E-state index in [2.05, 4.69) is 11.1 Å². The summed E-state index contributed by atoms with van der Waals surface area (Å²) in [6, 6.07) is 22.2. The molecule has 5 heteroatoms. The maximum atomic E-state index is 10.2. The number of hydrogen-bond donors (Lipinski definition) is 3. The quantitative estimate of drug-likeness (QED) is 0.500. The number of aliphatic imine (C=N–C) groups is 1. The van der Waals surface area contributed by atoms with Gasteiger partial charge in [-0.15, -0.1) is 0 Å². The Morgan fingerprint density at radius 2 is 1.43 bits per heavy atom. The fourth-order valence-electron chi connectivity index (χ4n) is 1.98. The molecule has 0 saturated heterocycles. The van der Waals surface area contributed by atoms with Gasteiger partial charge in [0.25, 0.3) is 0 Å². The molecule has 3 aromatic carbocycles. The predicted molar refractivity (Wildman–Crippen MR) is 92.8 cm³/mol. The Bertz CT molecular complexity index is 826. The first-order valence-corrected chi connectivity index (χ1v) is 6.93. The molecule has 0 unspecified atom stereocenters. The van der Waals surface area contributed by atoms with Crippen molar-refractivity contribution < 1.29 is 9.90 Å². The minimum Gasteiger partial charge on any atom is -0.478 e. The first-order chi connectivity index (χ1) is 11.1. The third kappa shape index (κ3) is 4.86. The van der Waals surface area contributed by atoms with Crippen molar-refractivity contribution in [1.29, 1.82) is 0 Å². The number of nitrogens with zero attached hydrogens (tertiary/aromatic N) is 1. The van der Waals surface area contributed by atoms with Crippen LogP contribution in [0.15, 0.2) is 77.8 Å². The summed E-state index contributed by atoms with van der Waals surface area (Å²) >= 11 is 0. The van der Waals surface area contributed by atoms with Crippen molar-refractivity contribution in [3.63, 3.8) is 0 Å². The molecule has 3 aromatic rings. The number of nitrogens with two attached hydrogens (primary N) is 2. The zero-order chi connectivity index (χ0) is 16.7. The normalized spacial score (nSPS) is 9.57. The Balaban J connectivity index is 0.000000185. The van der Waals surface area contributed by atoms with Crippen LogP contribution in [0.4, 0.5) is 5.69 Å². The summed E-state index contributed by atoms with van der Waals surface area (Å²) < 4.78 is 0. The summed E-state index contributed by atoms with van der Waals surface area (Å²) in [5.41, 5.74) is 11.7. The Hall–Kier alpha value is -3.34. The van der Waals surface area contributed by atoms with E-state index in [1.807, 2.05) is 36.4 Å². The van der Waals surface area contributed by atoms with Gasteiger partial charge in [-0.3, -0.25) is 0 Å². The lowest BCUT2D eigenvalue weighted by Gasteiger charge is -1.98. The molecule has 116 valence electrons. The fourth-order valence-corrected chi connectivity index (χ4v) is 1.98. The van der Waals surface area contributed by atoms with Crippen LogP contribution in [0.2, 0.25) is 0 Å². The van der Waals surface area contributed by atoms with Gasteiger partial charge in [-0.05, 0) is 35.0 Å². The first-order valence-electron chi connectivity index (χ1n) is 6.93. The summed E-state index contributed by atoms with van der Waals surface area (Å²) in [7, 11) is 0. The summed E-state index contributed by atoms with van der Waals surface area (Å²) in [6.07, 6.45) is 0. The smallest absolute Gasteiger partial charge is 0.335 e. The fraction of sp³-hybridized carbons (Fsp3) is 0. The molecule has 0 amide bonds. The molecule has 0 fully saturated rings. The highest BCUT2D eigenvalue weighted by Gasteiger charge is 1.96. The Morgan fingerprint density at radius 1 is 0.826 bits per heavy atom. The van der Waals surface area contributed by atoms with Crippen LogP contribution < -0.4 is 11.5 Å². The van der Waals surface area contributed by atoms with Gasteiger partial charge in [0, 0.05) is 0 Å². The summed E-state index contributed by atoms with van der Waals surface area (Å²) in [5, 5.41) is 10.7. The molecule has 23 heavy (non-hydrogen) atoms. The molecule has 0 aliphatic carbocycles. The average molecular weight is 307 g/mol. The number of benzene rings is 3. The highest BCUT2D eigenvalue weighted by Crippen LogP contribution is 2.20. The van der Waals surface area contributed by atoms with Crippen LogP contribution in [0.25, 0.3) is 10.8 Å². The number of carboxylic acid groups (broad SMARTS) is 1. The summed E-state index contributed by atoms with van der Waals surface area (Å²) in [6.45, 7) is 0. The first kappa shape index (κ1) is 16.0. The topological polar surface area (TPSA) is 102 Å². The van der Waals surface area contributed by atoms with Gasteiger partial charge < -0.3 is 16.6 Å². The molecular formula is C18H17N3O2. The maximum absolute atomic E-state index is 10.2. The minimum atomic E-state index is -0.879. The number of carbonyl (C=O) groups is 1. The van der Waals surface area contributed by atoms with Crippen molar-refractivity contribution in [2.75, 3.05) is 0 Å². The Kier molecular flexibility index (Phi) is 5.30. The standard InChI is InChI=1S/C11H11N3.C7H6O2/c12-11(13)14-10-6-5-8-3-1-2-4-9(8)7-10;8-7(9)6-4-2-1-3-5-6/h1-7H,(H4,12,13,14);1-5H,(H,8,9). The highest BCUT2D eigenvalue weighted by molar-refractivity contribution is 5.87. The average Bonchev–Trinajstić information content (AvgIpc) is 2.55. The number of fused-ring (bicyclic) bond motifs is 1. The van der Waals surface area contributed by atoms with Crippen molar-refractivity contribution in [2.24, 2.45) is 16.5 Å². The van der Waals surface area contributed by atoms with Gasteiger partial charge >= 0.3 is 5.97 Å². The van der Waals surface area contributed by atoms with Gasteiger partial charge in [-0.25, -0.2) is 9.79 Å².